The molecule has 0 saturated carbocycles. The van der Waals surface area contributed by atoms with Gasteiger partial charge in [0.05, 0.1) is 6.10 Å². The zero-order chi connectivity index (χ0) is 10.3. The van der Waals surface area contributed by atoms with Crippen LogP contribution in [0.3, 0.4) is 0 Å². The zero-order valence-electron chi connectivity index (χ0n) is 8.32. The summed E-state index contributed by atoms with van der Waals surface area (Å²) in [4.78, 5) is 10.9. The van der Waals surface area contributed by atoms with E-state index < -0.39 is 5.97 Å². The van der Waals surface area contributed by atoms with Crippen LogP contribution in [-0.4, -0.2) is 31.4 Å². The van der Waals surface area contributed by atoms with Gasteiger partial charge in [0.15, 0.2) is 0 Å². The quantitative estimate of drug-likeness (QED) is 0.486. The van der Waals surface area contributed by atoms with Crippen molar-refractivity contribution in [3.05, 3.63) is 0 Å². The van der Waals surface area contributed by atoms with Crippen molar-refractivity contribution < 1.29 is 19.2 Å². The SMILES string of the molecule is CC(C)CC(C)OC(=O)CO[B]O. The van der Waals surface area contributed by atoms with Crippen molar-refractivity contribution in [2.24, 2.45) is 5.92 Å². The summed E-state index contributed by atoms with van der Waals surface area (Å²) in [7, 11) is 0.481. The molecule has 0 aliphatic carbocycles. The zero-order valence-corrected chi connectivity index (χ0v) is 8.32. The number of carbonyl (C=O) groups is 1. The third-order valence-electron chi connectivity index (χ3n) is 1.41. The van der Waals surface area contributed by atoms with Gasteiger partial charge in [-0.3, -0.25) is 0 Å². The molecule has 0 amide bonds. The van der Waals surface area contributed by atoms with Gasteiger partial charge >= 0.3 is 13.7 Å². The molecule has 1 unspecified atom stereocenters. The van der Waals surface area contributed by atoms with Crippen LogP contribution in [0, 0.1) is 5.92 Å². The predicted molar refractivity (Wildman–Crippen MR) is 48.9 cm³/mol. The fourth-order valence-corrected chi connectivity index (χ4v) is 1.08. The van der Waals surface area contributed by atoms with Crippen LogP contribution in [0.2, 0.25) is 0 Å². The molecule has 0 fully saturated rings. The molecule has 0 aliphatic heterocycles. The first-order valence-corrected chi connectivity index (χ1v) is 4.33. The Morgan fingerprint density at radius 1 is 1.46 bits per heavy atom. The molecular formula is C8H16BO4. The third-order valence-corrected chi connectivity index (χ3v) is 1.41. The molecule has 0 spiro atoms. The highest BCUT2D eigenvalue weighted by Crippen LogP contribution is 2.07. The molecule has 13 heavy (non-hydrogen) atoms. The molecule has 0 bridgehead atoms. The summed E-state index contributed by atoms with van der Waals surface area (Å²) in [6, 6.07) is 0. The van der Waals surface area contributed by atoms with Crippen LogP contribution in [0.1, 0.15) is 27.2 Å². The smallest absolute Gasteiger partial charge is 0.461 e. The lowest BCUT2D eigenvalue weighted by Crippen LogP contribution is -2.21. The summed E-state index contributed by atoms with van der Waals surface area (Å²) >= 11 is 0. The topological polar surface area (TPSA) is 55.8 Å². The minimum absolute atomic E-state index is 0.102. The Kier molecular flexibility index (Phi) is 6.63. The van der Waals surface area contributed by atoms with E-state index in [0.717, 1.165) is 6.42 Å². The van der Waals surface area contributed by atoms with Gasteiger partial charge in [0.1, 0.15) is 6.61 Å². The Hall–Kier alpha value is -0.545. The second-order valence-electron chi connectivity index (χ2n) is 3.35. The van der Waals surface area contributed by atoms with Crippen molar-refractivity contribution in [2.45, 2.75) is 33.3 Å². The fraction of sp³-hybridized carbons (Fsp3) is 0.875. The van der Waals surface area contributed by atoms with Crippen molar-refractivity contribution in [2.75, 3.05) is 6.61 Å². The molecule has 0 heterocycles. The molecule has 0 aromatic rings. The van der Waals surface area contributed by atoms with Gasteiger partial charge in [-0.15, -0.1) is 0 Å². The molecule has 1 atom stereocenters. The standard InChI is InChI=1S/C8H16BO4/c1-6(2)4-7(3)13-8(10)5-12-9-11/h6-7,11H,4-5H2,1-3H3. The molecule has 1 radical (unpaired) electrons. The van der Waals surface area contributed by atoms with Crippen LogP contribution in [-0.2, 0) is 14.2 Å². The van der Waals surface area contributed by atoms with E-state index >= 15 is 0 Å². The van der Waals surface area contributed by atoms with Crippen molar-refractivity contribution in [1.82, 2.24) is 0 Å². The maximum Gasteiger partial charge on any atom is 0.485 e. The number of rotatable bonds is 6. The number of hydrogen-bond acceptors (Lipinski definition) is 4. The first-order chi connectivity index (χ1) is 6.06. The average Bonchev–Trinajstić information content (AvgIpc) is 1.98. The second kappa shape index (κ2) is 6.92. The summed E-state index contributed by atoms with van der Waals surface area (Å²) in [5.41, 5.74) is 0. The minimum atomic E-state index is -0.460. The monoisotopic (exact) mass is 187 g/mol. The number of carbonyl (C=O) groups excluding carboxylic acids is 1. The van der Waals surface area contributed by atoms with Crippen LogP contribution in [0.4, 0.5) is 0 Å². The van der Waals surface area contributed by atoms with Gasteiger partial charge in [0, 0.05) is 0 Å². The molecule has 0 aromatic carbocycles. The van der Waals surface area contributed by atoms with Gasteiger partial charge < -0.3 is 14.4 Å². The van der Waals surface area contributed by atoms with Gasteiger partial charge in [-0.1, -0.05) is 13.8 Å². The van der Waals surface area contributed by atoms with Crippen molar-refractivity contribution in [1.29, 1.82) is 0 Å². The molecular weight excluding hydrogens is 171 g/mol. The highest BCUT2D eigenvalue weighted by atomic mass is 16.6. The number of ether oxygens (including phenoxy) is 1. The first-order valence-electron chi connectivity index (χ1n) is 4.33. The first kappa shape index (κ1) is 12.5. The highest BCUT2D eigenvalue weighted by molar-refractivity contribution is 6.16. The minimum Gasteiger partial charge on any atom is -0.461 e. The molecule has 0 aliphatic rings. The largest absolute Gasteiger partial charge is 0.485 e. The summed E-state index contributed by atoms with van der Waals surface area (Å²) in [6.07, 6.45) is 0.726. The van der Waals surface area contributed by atoms with E-state index in [9.17, 15) is 4.79 Å². The van der Waals surface area contributed by atoms with Crippen LogP contribution in [0.15, 0.2) is 0 Å². The Morgan fingerprint density at radius 3 is 2.54 bits per heavy atom. The maximum absolute atomic E-state index is 10.9. The van der Waals surface area contributed by atoms with Crippen LogP contribution in [0.25, 0.3) is 0 Å². The molecule has 1 N–H and O–H groups in total. The number of hydrogen-bond donors (Lipinski definition) is 1. The van der Waals surface area contributed by atoms with Crippen molar-refractivity contribution in [3.8, 4) is 0 Å². The Morgan fingerprint density at radius 2 is 2.08 bits per heavy atom. The lowest BCUT2D eigenvalue weighted by atomic mass is 10.1. The Labute approximate surface area is 79.5 Å². The molecule has 5 heteroatoms. The van der Waals surface area contributed by atoms with E-state index in [2.05, 4.69) is 18.5 Å². The van der Waals surface area contributed by atoms with E-state index in [-0.39, 0.29) is 12.7 Å². The predicted octanol–water partition coefficient (Wildman–Crippen LogP) is 0.507. The number of esters is 1. The summed E-state index contributed by atoms with van der Waals surface area (Å²) in [5.74, 6) is 0.0339. The lowest BCUT2D eigenvalue weighted by molar-refractivity contribution is -0.151. The Bertz CT molecular complexity index is 149. The molecule has 0 rings (SSSR count). The fourth-order valence-electron chi connectivity index (χ4n) is 1.08. The summed E-state index contributed by atoms with van der Waals surface area (Å²) in [5, 5.41) is 8.14. The van der Waals surface area contributed by atoms with Crippen LogP contribution in [0.5, 0.6) is 0 Å². The van der Waals surface area contributed by atoms with E-state index in [0.29, 0.717) is 13.6 Å². The van der Waals surface area contributed by atoms with E-state index in [4.69, 9.17) is 9.76 Å². The normalized spacial score (nSPS) is 12.7. The molecule has 4 nitrogen and oxygen atoms in total. The average molecular weight is 187 g/mol. The molecule has 0 saturated heterocycles. The second-order valence-corrected chi connectivity index (χ2v) is 3.35. The lowest BCUT2D eigenvalue weighted by Gasteiger charge is -2.14. The van der Waals surface area contributed by atoms with Crippen molar-refractivity contribution in [3.63, 3.8) is 0 Å². The van der Waals surface area contributed by atoms with Gasteiger partial charge in [-0.05, 0) is 19.3 Å². The van der Waals surface area contributed by atoms with Gasteiger partial charge in [0.25, 0.3) is 0 Å². The maximum atomic E-state index is 10.9. The van der Waals surface area contributed by atoms with Gasteiger partial charge in [0.2, 0.25) is 0 Å². The highest BCUT2D eigenvalue weighted by Gasteiger charge is 2.10. The molecule has 75 valence electrons. The van der Waals surface area contributed by atoms with Crippen LogP contribution < -0.4 is 0 Å². The van der Waals surface area contributed by atoms with Crippen molar-refractivity contribution >= 4 is 13.7 Å². The van der Waals surface area contributed by atoms with Crippen LogP contribution >= 0.6 is 0 Å². The Balaban J connectivity index is 3.53. The summed E-state index contributed by atoms with van der Waals surface area (Å²) in [6.45, 7) is 5.71. The van der Waals surface area contributed by atoms with Gasteiger partial charge in [-0.25, -0.2) is 4.79 Å². The van der Waals surface area contributed by atoms with Gasteiger partial charge in [-0.2, -0.15) is 0 Å². The van der Waals surface area contributed by atoms with E-state index in [1.54, 1.807) is 0 Å². The summed E-state index contributed by atoms with van der Waals surface area (Å²) < 4.78 is 9.33. The third kappa shape index (κ3) is 7.80. The van der Waals surface area contributed by atoms with E-state index in [1.165, 1.54) is 0 Å². The molecule has 0 aromatic heterocycles. The van der Waals surface area contributed by atoms with E-state index in [1.807, 2.05) is 6.92 Å².